The van der Waals surface area contributed by atoms with Gasteiger partial charge in [0.05, 0.1) is 4.90 Å². The van der Waals surface area contributed by atoms with Crippen molar-refractivity contribution in [1.82, 2.24) is 9.21 Å². The highest BCUT2D eigenvalue weighted by atomic mass is 32.2. The topological polar surface area (TPSA) is 40.6 Å². The van der Waals surface area contributed by atoms with Crippen LogP contribution in [-0.4, -0.2) is 51.9 Å². The summed E-state index contributed by atoms with van der Waals surface area (Å²) in [6, 6.07) is 2.05. The van der Waals surface area contributed by atoms with Gasteiger partial charge in [-0.3, -0.25) is 0 Å². The van der Waals surface area contributed by atoms with Gasteiger partial charge < -0.3 is 4.90 Å². The van der Waals surface area contributed by atoms with Gasteiger partial charge in [0, 0.05) is 20.1 Å². The average Bonchev–Trinajstić information content (AvgIpc) is 2.33. The summed E-state index contributed by atoms with van der Waals surface area (Å²) in [7, 11) is 2.09. The number of rotatable bonds is 5. The van der Waals surface area contributed by atoms with Gasteiger partial charge in [0.15, 0.2) is 0 Å². The summed E-state index contributed by atoms with van der Waals surface area (Å²) in [5, 5.41) is 0. The first-order chi connectivity index (χ1) is 9.09. The Labute approximate surface area is 123 Å². The van der Waals surface area contributed by atoms with Gasteiger partial charge in [-0.05, 0) is 64.0 Å². The van der Waals surface area contributed by atoms with Crippen molar-refractivity contribution in [2.24, 2.45) is 0 Å². The minimum absolute atomic E-state index is 0.469. The van der Waals surface area contributed by atoms with E-state index < -0.39 is 10.0 Å². The monoisotopic (exact) mass is 298 g/mol. The Morgan fingerprint density at radius 1 is 0.900 bits per heavy atom. The fraction of sp³-hybridized carbons (Fsp3) is 0.600. The molecule has 1 aromatic rings. The summed E-state index contributed by atoms with van der Waals surface area (Å²) in [6.45, 7) is 8.88. The smallest absolute Gasteiger partial charge is 0.243 e. The Bertz CT molecular complexity index is 566. The van der Waals surface area contributed by atoms with Crippen molar-refractivity contribution in [3.05, 3.63) is 28.3 Å². The van der Waals surface area contributed by atoms with E-state index in [2.05, 4.69) is 0 Å². The first kappa shape index (κ1) is 17.1. The molecule has 20 heavy (non-hydrogen) atoms. The maximum Gasteiger partial charge on any atom is 0.243 e. The molecule has 0 heterocycles. The Hall–Kier alpha value is -0.910. The molecule has 114 valence electrons. The first-order valence-electron chi connectivity index (χ1n) is 6.77. The lowest BCUT2D eigenvalue weighted by Gasteiger charge is -2.23. The Morgan fingerprint density at radius 2 is 1.35 bits per heavy atom. The molecule has 1 aromatic carbocycles. The summed E-state index contributed by atoms with van der Waals surface area (Å²) < 4.78 is 27.0. The fourth-order valence-electron chi connectivity index (χ4n) is 2.18. The van der Waals surface area contributed by atoms with Crippen LogP contribution < -0.4 is 0 Å². The highest BCUT2D eigenvalue weighted by Crippen LogP contribution is 2.28. The van der Waals surface area contributed by atoms with Gasteiger partial charge in [-0.2, -0.15) is 4.31 Å². The molecule has 0 unspecified atom stereocenters. The molecule has 4 nitrogen and oxygen atoms in total. The fourth-order valence-corrected chi connectivity index (χ4v) is 3.91. The third-order valence-corrected chi connectivity index (χ3v) is 5.96. The highest BCUT2D eigenvalue weighted by molar-refractivity contribution is 7.89. The molecule has 0 aliphatic heterocycles. The number of sulfonamides is 1. The zero-order valence-electron chi connectivity index (χ0n) is 13.6. The van der Waals surface area contributed by atoms with E-state index >= 15 is 0 Å². The van der Waals surface area contributed by atoms with Crippen LogP contribution in [0.3, 0.4) is 0 Å². The van der Waals surface area contributed by atoms with Crippen molar-refractivity contribution in [1.29, 1.82) is 0 Å². The first-order valence-corrected chi connectivity index (χ1v) is 8.21. The van der Waals surface area contributed by atoms with E-state index in [1.54, 1.807) is 7.05 Å². The van der Waals surface area contributed by atoms with Crippen molar-refractivity contribution >= 4 is 10.0 Å². The second-order valence-corrected chi connectivity index (χ2v) is 7.70. The van der Waals surface area contributed by atoms with Gasteiger partial charge >= 0.3 is 0 Å². The van der Waals surface area contributed by atoms with E-state index in [0.29, 0.717) is 18.0 Å². The van der Waals surface area contributed by atoms with Gasteiger partial charge in [-0.15, -0.1) is 0 Å². The minimum Gasteiger partial charge on any atom is -0.308 e. The molecule has 0 aromatic heterocycles. The number of aryl methyl sites for hydroxylation is 2. The number of hydrogen-bond acceptors (Lipinski definition) is 3. The van der Waals surface area contributed by atoms with Crippen molar-refractivity contribution in [3.63, 3.8) is 0 Å². The molecular formula is C15H26N2O2S. The third kappa shape index (κ3) is 3.40. The molecule has 0 aliphatic carbocycles. The second kappa shape index (κ2) is 6.24. The van der Waals surface area contributed by atoms with Crippen LogP contribution in [0.15, 0.2) is 11.0 Å². The summed E-state index contributed by atoms with van der Waals surface area (Å²) in [6.07, 6.45) is 0. The van der Waals surface area contributed by atoms with Crippen LogP contribution in [0.1, 0.15) is 22.3 Å². The maximum atomic E-state index is 12.8. The number of benzene rings is 1. The molecule has 0 aliphatic rings. The predicted octanol–water partition coefficient (Wildman–Crippen LogP) is 2.10. The number of likely N-dealkylation sites (N-methyl/N-ethyl adjacent to an activating group) is 2. The average molecular weight is 298 g/mol. The number of nitrogens with zero attached hydrogens (tertiary/aromatic N) is 2. The zero-order valence-corrected chi connectivity index (χ0v) is 14.4. The summed E-state index contributed by atoms with van der Waals surface area (Å²) in [5.74, 6) is 0. The Morgan fingerprint density at radius 3 is 1.75 bits per heavy atom. The van der Waals surface area contributed by atoms with E-state index in [1.807, 2.05) is 52.8 Å². The molecule has 1 rings (SSSR count). The van der Waals surface area contributed by atoms with Gasteiger partial charge in [-0.25, -0.2) is 8.42 Å². The summed E-state index contributed by atoms with van der Waals surface area (Å²) in [5.41, 5.74) is 3.75. The van der Waals surface area contributed by atoms with Gasteiger partial charge in [0.25, 0.3) is 0 Å². The molecule has 0 amide bonds. The van der Waals surface area contributed by atoms with Crippen LogP contribution in [0.2, 0.25) is 0 Å². The molecule has 0 saturated carbocycles. The van der Waals surface area contributed by atoms with Crippen LogP contribution in [0.5, 0.6) is 0 Å². The molecule has 0 atom stereocenters. The van der Waals surface area contributed by atoms with Crippen molar-refractivity contribution < 1.29 is 8.42 Å². The van der Waals surface area contributed by atoms with E-state index in [0.717, 1.165) is 22.3 Å². The van der Waals surface area contributed by atoms with Crippen LogP contribution in [-0.2, 0) is 10.0 Å². The summed E-state index contributed by atoms with van der Waals surface area (Å²) >= 11 is 0. The number of hydrogen-bond donors (Lipinski definition) is 0. The van der Waals surface area contributed by atoms with Crippen LogP contribution in [0, 0.1) is 27.7 Å². The van der Waals surface area contributed by atoms with Crippen molar-refractivity contribution in [2.75, 3.05) is 34.2 Å². The lowest BCUT2D eigenvalue weighted by Crippen LogP contribution is -2.34. The van der Waals surface area contributed by atoms with Crippen LogP contribution in [0.4, 0.5) is 0 Å². The van der Waals surface area contributed by atoms with E-state index in [1.165, 1.54) is 4.31 Å². The molecule has 0 spiro atoms. The van der Waals surface area contributed by atoms with E-state index in [-0.39, 0.29) is 0 Å². The lowest BCUT2D eigenvalue weighted by molar-refractivity contribution is 0.358. The molecule has 0 bridgehead atoms. The van der Waals surface area contributed by atoms with Crippen molar-refractivity contribution in [3.8, 4) is 0 Å². The lowest BCUT2D eigenvalue weighted by atomic mass is 10.0. The van der Waals surface area contributed by atoms with Crippen LogP contribution in [0.25, 0.3) is 0 Å². The zero-order chi connectivity index (χ0) is 15.7. The van der Waals surface area contributed by atoms with E-state index in [9.17, 15) is 8.42 Å². The summed E-state index contributed by atoms with van der Waals surface area (Å²) in [4.78, 5) is 2.45. The SMILES string of the molecule is Cc1cc(C)c(C)c(S(=O)(=O)N(C)CCN(C)C)c1C. The molecule has 0 saturated heterocycles. The van der Waals surface area contributed by atoms with Gasteiger partial charge in [0.2, 0.25) is 10.0 Å². The second-order valence-electron chi connectivity index (χ2n) is 5.72. The van der Waals surface area contributed by atoms with Gasteiger partial charge in [-0.1, -0.05) is 6.07 Å². The molecule has 0 N–H and O–H groups in total. The Kier molecular flexibility index (Phi) is 5.35. The Balaban J connectivity index is 3.29. The van der Waals surface area contributed by atoms with Gasteiger partial charge in [0.1, 0.15) is 0 Å². The molecule has 0 radical (unpaired) electrons. The quantitative estimate of drug-likeness (QED) is 0.836. The highest BCUT2D eigenvalue weighted by Gasteiger charge is 2.26. The minimum atomic E-state index is -3.43. The normalized spacial score (nSPS) is 12.4. The van der Waals surface area contributed by atoms with E-state index in [4.69, 9.17) is 0 Å². The largest absolute Gasteiger partial charge is 0.308 e. The molecular weight excluding hydrogens is 272 g/mol. The predicted molar refractivity (Wildman–Crippen MR) is 83.8 cm³/mol. The standard InChI is InChI=1S/C15H26N2O2S/c1-11-10-12(2)14(4)15(13(11)3)20(18,19)17(7)9-8-16(5)6/h10H,8-9H2,1-7H3. The van der Waals surface area contributed by atoms with Crippen molar-refractivity contribution in [2.45, 2.75) is 32.6 Å². The molecule has 0 fully saturated rings. The third-order valence-electron chi connectivity index (χ3n) is 3.83. The van der Waals surface area contributed by atoms with Crippen LogP contribution >= 0.6 is 0 Å². The maximum absolute atomic E-state index is 12.8. The molecule has 5 heteroatoms.